The second kappa shape index (κ2) is 10.2. The molecule has 4 aliphatic rings. The van der Waals surface area contributed by atoms with Crippen LogP contribution in [-0.2, 0) is 5.75 Å². The minimum absolute atomic E-state index is 0.0371. The molecule has 2 aromatic carbocycles. The maximum atomic E-state index is 13.3. The van der Waals surface area contributed by atoms with E-state index in [0.717, 1.165) is 59.2 Å². The second-order valence-electron chi connectivity index (χ2n) is 11.9. The fraction of sp³-hybridized carbons (Fsp3) is 0.500. The lowest BCUT2D eigenvalue weighted by molar-refractivity contribution is -0.0136. The van der Waals surface area contributed by atoms with Gasteiger partial charge in [0.1, 0.15) is 0 Å². The van der Waals surface area contributed by atoms with Crippen LogP contribution >= 0.6 is 23.4 Å². The number of hydrogen-bond acceptors (Lipinski definition) is 4. The molecular weight excluding hydrogens is 514 g/mol. The molecule has 1 atom stereocenters. The number of hydrogen-bond donors (Lipinski definition) is 2. The molecule has 4 bridgehead atoms. The number of urea groups is 1. The van der Waals surface area contributed by atoms with E-state index in [0.29, 0.717) is 10.8 Å². The molecule has 38 heavy (non-hydrogen) atoms. The molecular formula is C30H36ClN5OS. The van der Waals surface area contributed by atoms with Crippen molar-refractivity contribution in [3.05, 3.63) is 70.0 Å². The number of rotatable bonds is 7. The molecule has 0 radical (unpaired) electrons. The first-order chi connectivity index (χ1) is 18.3. The van der Waals surface area contributed by atoms with E-state index in [-0.39, 0.29) is 17.6 Å². The Morgan fingerprint density at radius 2 is 1.79 bits per heavy atom. The number of nitrogens with one attached hydrogen (secondary N) is 2. The van der Waals surface area contributed by atoms with E-state index in [1.54, 1.807) is 11.8 Å². The van der Waals surface area contributed by atoms with Gasteiger partial charge in [-0.15, -0.1) is 10.2 Å². The quantitative estimate of drug-likeness (QED) is 0.307. The Hall–Kier alpha value is -2.51. The standard InChI is InChI=1S/C30H36ClN5OS/c1-18-5-4-6-21(9-18)17-38-29-35-34-27(36(29)26-13-25(31)8-7-19(26)2)20(3)32-28(37)33-30-14-22-10-23(15-30)12-24(11-22)16-30/h4-9,13,20,22-24H,10-12,14-17H2,1-3H3,(H2,32,33,37). The second-order valence-corrected chi connectivity index (χ2v) is 13.3. The van der Waals surface area contributed by atoms with Crippen molar-refractivity contribution in [3.8, 4) is 5.69 Å². The first kappa shape index (κ1) is 25.8. The van der Waals surface area contributed by atoms with Gasteiger partial charge in [-0.2, -0.15) is 0 Å². The molecule has 200 valence electrons. The molecule has 6 nitrogen and oxygen atoms in total. The summed E-state index contributed by atoms with van der Waals surface area (Å²) in [6.45, 7) is 6.14. The summed E-state index contributed by atoms with van der Waals surface area (Å²) in [6.07, 6.45) is 7.42. The first-order valence-electron chi connectivity index (χ1n) is 13.8. The SMILES string of the molecule is Cc1cccc(CSc2nnc(C(C)NC(=O)NC34CC5CC(CC(C5)C3)C4)n2-c2cc(Cl)ccc2C)c1. The Balaban J connectivity index is 1.23. The van der Waals surface area contributed by atoms with Crippen LogP contribution in [0, 0.1) is 31.6 Å². The van der Waals surface area contributed by atoms with Gasteiger partial charge in [0.2, 0.25) is 0 Å². The van der Waals surface area contributed by atoms with Crippen molar-refractivity contribution in [3.63, 3.8) is 0 Å². The minimum Gasteiger partial charge on any atom is -0.333 e. The van der Waals surface area contributed by atoms with Gasteiger partial charge in [0, 0.05) is 16.3 Å². The summed E-state index contributed by atoms with van der Waals surface area (Å²) >= 11 is 8.06. The number of carbonyl (C=O) groups is 1. The molecule has 7 rings (SSSR count). The van der Waals surface area contributed by atoms with Crippen molar-refractivity contribution in [2.24, 2.45) is 17.8 Å². The predicted octanol–water partition coefficient (Wildman–Crippen LogP) is 7.16. The smallest absolute Gasteiger partial charge is 0.315 e. The highest BCUT2D eigenvalue weighted by Crippen LogP contribution is 2.55. The molecule has 0 saturated heterocycles. The van der Waals surface area contributed by atoms with Gasteiger partial charge in [0.15, 0.2) is 11.0 Å². The number of benzene rings is 2. The highest BCUT2D eigenvalue weighted by molar-refractivity contribution is 7.98. The number of halogens is 1. The molecule has 4 aliphatic carbocycles. The van der Waals surface area contributed by atoms with Crippen LogP contribution in [0.4, 0.5) is 4.79 Å². The van der Waals surface area contributed by atoms with Crippen LogP contribution in [0.5, 0.6) is 0 Å². The third kappa shape index (κ3) is 5.20. The minimum atomic E-state index is -0.330. The zero-order valence-corrected chi connectivity index (χ0v) is 23.9. The molecule has 1 heterocycles. The average molecular weight is 550 g/mol. The van der Waals surface area contributed by atoms with Crippen molar-refractivity contribution in [2.45, 2.75) is 81.8 Å². The monoisotopic (exact) mass is 549 g/mol. The number of amides is 2. The van der Waals surface area contributed by atoms with E-state index in [1.807, 2.05) is 25.1 Å². The van der Waals surface area contributed by atoms with Crippen molar-refractivity contribution in [1.29, 1.82) is 0 Å². The summed E-state index contributed by atoms with van der Waals surface area (Å²) in [6, 6.07) is 13.9. The Morgan fingerprint density at radius 1 is 1.08 bits per heavy atom. The largest absolute Gasteiger partial charge is 0.333 e. The maximum Gasteiger partial charge on any atom is 0.315 e. The summed E-state index contributed by atoms with van der Waals surface area (Å²) < 4.78 is 2.05. The van der Waals surface area contributed by atoms with E-state index < -0.39 is 0 Å². The van der Waals surface area contributed by atoms with Crippen LogP contribution in [0.3, 0.4) is 0 Å². The molecule has 2 N–H and O–H groups in total. The van der Waals surface area contributed by atoms with Crippen molar-refractivity contribution in [2.75, 3.05) is 0 Å². The Kier molecular flexibility index (Phi) is 6.93. The lowest BCUT2D eigenvalue weighted by atomic mass is 9.53. The van der Waals surface area contributed by atoms with Crippen LogP contribution in [0.15, 0.2) is 47.6 Å². The topological polar surface area (TPSA) is 71.8 Å². The van der Waals surface area contributed by atoms with Crippen LogP contribution in [-0.4, -0.2) is 26.3 Å². The summed E-state index contributed by atoms with van der Waals surface area (Å²) in [7, 11) is 0. The number of thioether (sulfide) groups is 1. The zero-order valence-electron chi connectivity index (χ0n) is 22.3. The molecule has 1 unspecified atom stereocenters. The zero-order chi connectivity index (χ0) is 26.4. The van der Waals surface area contributed by atoms with Crippen molar-refractivity contribution < 1.29 is 4.79 Å². The first-order valence-corrected chi connectivity index (χ1v) is 15.1. The number of nitrogens with zero attached hydrogens (tertiary/aromatic N) is 3. The van der Waals surface area contributed by atoms with Crippen LogP contribution in [0.1, 0.15) is 74.0 Å². The normalized spacial score (nSPS) is 26.4. The highest BCUT2D eigenvalue weighted by Gasteiger charge is 2.51. The molecule has 0 spiro atoms. The van der Waals surface area contributed by atoms with Gasteiger partial charge >= 0.3 is 6.03 Å². The number of aromatic nitrogens is 3. The fourth-order valence-corrected chi connectivity index (χ4v) is 8.52. The average Bonchev–Trinajstić information content (AvgIpc) is 3.27. The van der Waals surface area contributed by atoms with Gasteiger partial charge in [0.05, 0.1) is 11.7 Å². The third-order valence-corrected chi connectivity index (χ3v) is 9.91. The Morgan fingerprint density at radius 3 is 2.47 bits per heavy atom. The van der Waals surface area contributed by atoms with E-state index in [4.69, 9.17) is 11.6 Å². The van der Waals surface area contributed by atoms with E-state index in [9.17, 15) is 4.79 Å². The summed E-state index contributed by atoms with van der Waals surface area (Å²) in [4.78, 5) is 13.3. The van der Waals surface area contributed by atoms with Gasteiger partial charge in [-0.1, -0.05) is 59.3 Å². The number of aryl methyl sites for hydroxylation is 2. The third-order valence-electron chi connectivity index (χ3n) is 8.67. The summed E-state index contributed by atoms with van der Waals surface area (Å²) in [5.41, 5.74) is 4.43. The fourth-order valence-electron chi connectivity index (χ4n) is 7.46. The van der Waals surface area contributed by atoms with E-state index in [2.05, 4.69) is 63.5 Å². The molecule has 4 fully saturated rings. The van der Waals surface area contributed by atoms with Gasteiger partial charge in [0.25, 0.3) is 0 Å². The van der Waals surface area contributed by atoms with Gasteiger partial charge in [-0.25, -0.2) is 4.79 Å². The van der Waals surface area contributed by atoms with Crippen molar-refractivity contribution >= 4 is 29.4 Å². The molecule has 8 heteroatoms. The van der Waals surface area contributed by atoms with Crippen LogP contribution < -0.4 is 10.6 Å². The molecule has 3 aromatic rings. The molecule has 2 amide bonds. The lowest BCUT2D eigenvalue weighted by Gasteiger charge is -2.56. The lowest BCUT2D eigenvalue weighted by Crippen LogP contribution is -2.61. The maximum absolute atomic E-state index is 13.3. The van der Waals surface area contributed by atoms with Crippen molar-refractivity contribution in [1.82, 2.24) is 25.4 Å². The molecule has 0 aliphatic heterocycles. The molecule has 1 aromatic heterocycles. The predicted molar refractivity (Wildman–Crippen MR) is 153 cm³/mol. The van der Waals surface area contributed by atoms with E-state index in [1.165, 1.54) is 30.4 Å². The van der Waals surface area contributed by atoms with Crippen LogP contribution in [0.2, 0.25) is 5.02 Å². The summed E-state index contributed by atoms with van der Waals surface area (Å²) in [5.74, 6) is 3.80. The van der Waals surface area contributed by atoms with Crippen LogP contribution in [0.25, 0.3) is 5.69 Å². The van der Waals surface area contributed by atoms with Gasteiger partial charge in [-0.05, 0) is 100 Å². The van der Waals surface area contributed by atoms with E-state index >= 15 is 0 Å². The molecule has 4 saturated carbocycles. The van der Waals surface area contributed by atoms with Gasteiger partial charge < -0.3 is 10.6 Å². The highest BCUT2D eigenvalue weighted by atomic mass is 35.5. The number of carbonyl (C=O) groups excluding carboxylic acids is 1. The summed E-state index contributed by atoms with van der Waals surface area (Å²) in [5, 5.41) is 17.2. The Labute approximate surface area is 234 Å². The van der Waals surface area contributed by atoms with Gasteiger partial charge in [-0.3, -0.25) is 4.57 Å². The Bertz CT molecular complexity index is 1320.